The van der Waals surface area contributed by atoms with Gasteiger partial charge in [0.05, 0.1) is 5.71 Å². The molecule has 2 aromatic carbocycles. The molecule has 4 nitrogen and oxygen atoms in total. The molecule has 0 aliphatic heterocycles. The third kappa shape index (κ3) is 4.68. The van der Waals surface area contributed by atoms with Gasteiger partial charge in [-0.2, -0.15) is 5.10 Å². The molecular weight excluding hydrogens is 288 g/mol. The normalized spacial score (nSPS) is 11.2. The molecule has 2 aromatic rings. The standard InChI is InChI=1S/C19H22N2O2/c1-4-17(16-11-6-5-7-12-16)20-21-18(22)13-23-19-14(2)9-8-10-15(19)3/h5-12H,4,13H2,1-3H3,(H,21,22). The fourth-order valence-electron chi connectivity index (χ4n) is 2.30. The summed E-state index contributed by atoms with van der Waals surface area (Å²) in [7, 11) is 0. The Balaban J connectivity index is 1.96. The molecule has 0 heterocycles. The summed E-state index contributed by atoms with van der Waals surface area (Å²) in [5, 5.41) is 4.21. The number of benzene rings is 2. The van der Waals surface area contributed by atoms with Crippen molar-refractivity contribution in [3.05, 3.63) is 65.2 Å². The molecule has 0 fully saturated rings. The molecule has 0 spiro atoms. The molecule has 2 rings (SSSR count). The third-order valence-corrected chi connectivity index (χ3v) is 3.51. The lowest BCUT2D eigenvalue weighted by Crippen LogP contribution is -2.26. The van der Waals surface area contributed by atoms with Crippen LogP contribution in [0.25, 0.3) is 0 Å². The zero-order valence-electron chi connectivity index (χ0n) is 13.8. The largest absolute Gasteiger partial charge is 0.483 e. The second-order valence-corrected chi connectivity index (χ2v) is 5.32. The number of aryl methyl sites for hydroxylation is 2. The van der Waals surface area contributed by atoms with Crippen LogP contribution in [0.1, 0.15) is 30.0 Å². The fourth-order valence-corrected chi connectivity index (χ4v) is 2.30. The Hall–Kier alpha value is -2.62. The van der Waals surface area contributed by atoms with Gasteiger partial charge in [0.15, 0.2) is 6.61 Å². The number of amides is 1. The zero-order chi connectivity index (χ0) is 16.7. The van der Waals surface area contributed by atoms with Crippen molar-refractivity contribution in [2.45, 2.75) is 27.2 Å². The van der Waals surface area contributed by atoms with Gasteiger partial charge in [0.25, 0.3) is 5.91 Å². The maximum Gasteiger partial charge on any atom is 0.277 e. The number of hydrogen-bond acceptors (Lipinski definition) is 3. The molecule has 4 heteroatoms. The minimum Gasteiger partial charge on any atom is -0.483 e. The molecule has 0 aromatic heterocycles. The summed E-state index contributed by atoms with van der Waals surface area (Å²) >= 11 is 0. The number of hydrogen-bond donors (Lipinski definition) is 1. The van der Waals surface area contributed by atoms with Crippen LogP contribution >= 0.6 is 0 Å². The number of hydrazone groups is 1. The van der Waals surface area contributed by atoms with Gasteiger partial charge in [-0.25, -0.2) is 5.43 Å². The van der Waals surface area contributed by atoms with E-state index >= 15 is 0 Å². The number of rotatable bonds is 6. The van der Waals surface area contributed by atoms with Crippen molar-refractivity contribution in [1.82, 2.24) is 5.43 Å². The van der Waals surface area contributed by atoms with Crippen molar-refractivity contribution in [3.63, 3.8) is 0 Å². The van der Waals surface area contributed by atoms with Gasteiger partial charge in [-0.1, -0.05) is 55.5 Å². The predicted molar refractivity (Wildman–Crippen MR) is 92.8 cm³/mol. The topological polar surface area (TPSA) is 50.7 Å². The van der Waals surface area contributed by atoms with Crippen LogP contribution in [0, 0.1) is 13.8 Å². The Labute approximate surface area is 137 Å². The fraction of sp³-hybridized carbons (Fsp3) is 0.263. The minimum absolute atomic E-state index is 0.0546. The summed E-state index contributed by atoms with van der Waals surface area (Å²) in [6.45, 7) is 5.87. The van der Waals surface area contributed by atoms with Crippen LogP contribution in [0.4, 0.5) is 0 Å². The summed E-state index contributed by atoms with van der Waals surface area (Å²) in [6.07, 6.45) is 0.738. The molecule has 0 aliphatic rings. The molecule has 0 aliphatic carbocycles. The Morgan fingerprint density at radius 2 is 1.70 bits per heavy atom. The van der Waals surface area contributed by atoms with E-state index < -0.39 is 0 Å². The van der Waals surface area contributed by atoms with Gasteiger partial charge in [0.1, 0.15) is 5.75 Å². The van der Waals surface area contributed by atoms with E-state index in [4.69, 9.17) is 4.74 Å². The molecule has 23 heavy (non-hydrogen) atoms. The number of para-hydroxylation sites is 1. The Bertz CT molecular complexity index is 674. The molecule has 0 saturated heterocycles. The van der Waals surface area contributed by atoms with Gasteiger partial charge >= 0.3 is 0 Å². The summed E-state index contributed by atoms with van der Waals surface area (Å²) in [5.74, 6) is 0.486. The van der Waals surface area contributed by atoms with Gasteiger partial charge in [0, 0.05) is 0 Å². The summed E-state index contributed by atoms with van der Waals surface area (Å²) in [5.41, 5.74) is 6.44. The zero-order valence-corrected chi connectivity index (χ0v) is 13.8. The highest BCUT2D eigenvalue weighted by Crippen LogP contribution is 2.21. The van der Waals surface area contributed by atoms with Crippen LogP contribution in [0.15, 0.2) is 53.6 Å². The van der Waals surface area contributed by atoms with Crippen molar-refractivity contribution in [3.8, 4) is 5.75 Å². The van der Waals surface area contributed by atoms with Crippen LogP contribution in [0.3, 0.4) is 0 Å². The second-order valence-electron chi connectivity index (χ2n) is 5.32. The van der Waals surface area contributed by atoms with Crippen molar-refractivity contribution in [1.29, 1.82) is 0 Å². The Kier molecular flexibility index (Phi) is 5.92. The first-order chi connectivity index (χ1) is 11.1. The first-order valence-electron chi connectivity index (χ1n) is 7.71. The van der Waals surface area contributed by atoms with Crippen LogP contribution in [-0.2, 0) is 4.79 Å². The molecule has 0 atom stereocenters. The number of nitrogens with one attached hydrogen (secondary N) is 1. The number of nitrogens with zero attached hydrogens (tertiary/aromatic N) is 1. The van der Waals surface area contributed by atoms with Crippen LogP contribution in [-0.4, -0.2) is 18.2 Å². The van der Waals surface area contributed by atoms with Gasteiger partial charge in [-0.05, 0) is 37.0 Å². The maximum atomic E-state index is 11.9. The molecule has 1 amide bonds. The molecule has 120 valence electrons. The van der Waals surface area contributed by atoms with E-state index in [1.165, 1.54) is 0 Å². The van der Waals surface area contributed by atoms with Crippen LogP contribution < -0.4 is 10.2 Å². The highest BCUT2D eigenvalue weighted by Gasteiger charge is 2.07. The molecular formula is C19H22N2O2. The molecule has 0 radical (unpaired) electrons. The lowest BCUT2D eigenvalue weighted by atomic mass is 10.1. The molecule has 0 saturated carbocycles. The predicted octanol–water partition coefficient (Wildman–Crippen LogP) is 3.61. The highest BCUT2D eigenvalue weighted by molar-refractivity contribution is 6.00. The first-order valence-corrected chi connectivity index (χ1v) is 7.71. The molecule has 1 N–H and O–H groups in total. The maximum absolute atomic E-state index is 11.9. The third-order valence-electron chi connectivity index (χ3n) is 3.51. The second kappa shape index (κ2) is 8.13. The molecule has 0 unspecified atom stereocenters. The SMILES string of the molecule is CCC(=NNC(=O)COc1c(C)cccc1C)c1ccccc1. The number of carbonyl (C=O) groups is 1. The summed E-state index contributed by atoms with van der Waals surface area (Å²) in [6, 6.07) is 15.7. The lowest BCUT2D eigenvalue weighted by molar-refractivity contribution is -0.123. The van der Waals surface area contributed by atoms with E-state index in [1.54, 1.807) is 0 Å². The Morgan fingerprint density at radius 1 is 1.04 bits per heavy atom. The van der Waals surface area contributed by atoms with Gasteiger partial charge in [0.2, 0.25) is 0 Å². The van der Waals surface area contributed by atoms with E-state index in [0.717, 1.165) is 34.6 Å². The first kappa shape index (κ1) is 16.7. The highest BCUT2D eigenvalue weighted by atomic mass is 16.5. The van der Waals surface area contributed by atoms with Crippen molar-refractivity contribution in [2.24, 2.45) is 5.10 Å². The summed E-state index contributed by atoms with van der Waals surface area (Å²) in [4.78, 5) is 11.9. The summed E-state index contributed by atoms with van der Waals surface area (Å²) < 4.78 is 5.62. The Morgan fingerprint density at radius 3 is 2.30 bits per heavy atom. The van der Waals surface area contributed by atoms with E-state index in [1.807, 2.05) is 69.3 Å². The average molecular weight is 310 g/mol. The van der Waals surface area contributed by atoms with E-state index in [0.29, 0.717) is 0 Å². The van der Waals surface area contributed by atoms with E-state index in [-0.39, 0.29) is 12.5 Å². The average Bonchev–Trinajstić information content (AvgIpc) is 2.56. The van der Waals surface area contributed by atoms with Gasteiger partial charge in [-0.15, -0.1) is 0 Å². The van der Waals surface area contributed by atoms with Crippen LogP contribution in [0.5, 0.6) is 5.75 Å². The van der Waals surface area contributed by atoms with Crippen molar-refractivity contribution in [2.75, 3.05) is 6.61 Å². The van der Waals surface area contributed by atoms with Crippen LogP contribution in [0.2, 0.25) is 0 Å². The quantitative estimate of drug-likeness (QED) is 0.654. The van der Waals surface area contributed by atoms with Crippen molar-refractivity contribution < 1.29 is 9.53 Å². The number of ether oxygens (including phenoxy) is 1. The van der Waals surface area contributed by atoms with Crippen molar-refractivity contribution >= 4 is 11.6 Å². The smallest absolute Gasteiger partial charge is 0.277 e. The van der Waals surface area contributed by atoms with Gasteiger partial charge in [-0.3, -0.25) is 4.79 Å². The van der Waals surface area contributed by atoms with E-state index in [2.05, 4.69) is 10.5 Å². The molecule has 0 bridgehead atoms. The minimum atomic E-state index is -0.269. The van der Waals surface area contributed by atoms with Gasteiger partial charge < -0.3 is 4.74 Å². The monoisotopic (exact) mass is 310 g/mol. The number of carbonyl (C=O) groups excluding carboxylic acids is 1. The lowest BCUT2D eigenvalue weighted by Gasteiger charge is -2.11. The van der Waals surface area contributed by atoms with E-state index in [9.17, 15) is 4.79 Å².